The number of rotatable bonds is 9. The lowest BCUT2D eigenvalue weighted by Gasteiger charge is -2.11. The van der Waals surface area contributed by atoms with E-state index in [0.29, 0.717) is 47.9 Å². The normalized spacial score (nSPS) is 11.1. The summed E-state index contributed by atoms with van der Waals surface area (Å²) in [6.45, 7) is 0.435. The SMILES string of the molecule is N#C/C(=C\c1cc(Cl)ccc1OCc1ccc(Cl)c(Cl)c1)C(=O)Nc1ccc(OCc2ccc(Cl)cc2Cl)cc1. The maximum Gasteiger partial charge on any atom is 0.266 e. The number of nitrogens with one attached hydrogen (secondary N) is 1. The number of carbonyl (C=O) groups is 1. The van der Waals surface area contributed by atoms with Crippen LogP contribution in [0.3, 0.4) is 0 Å². The number of carbonyl (C=O) groups excluding carboxylic acids is 1. The van der Waals surface area contributed by atoms with E-state index in [2.05, 4.69) is 5.32 Å². The molecule has 4 rings (SSSR count). The van der Waals surface area contributed by atoms with Gasteiger partial charge < -0.3 is 14.8 Å². The van der Waals surface area contributed by atoms with E-state index in [1.807, 2.05) is 6.07 Å². The summed E-state index contributed by atoms with van der Waals surface area (Å²) in [5, 5.41) is 14.7. The van der Waals surface area contributed by atoms with Crippen molar-refractivity contribution < 1.29 is 14.3 Å². The maximum absolute atomic E-state index is 12.9. The highest BCUT2D eigenvalue weighted by atomic mass is 35.5. The van der Waals surface area contributed by atoms with Crippen LogP contribution < -0.4 is 14.8 Å². The fourth-order valence-electron chi connectivity index (χ4n) is 3.49. The topological polar surface area (TPSA) is 71.3 Å². The molecule has 4 aromatic carbocycles. The summed E-state index contributed by atoms with van der Waals surface area (Å²) in [5.41, 5.74) is 2.38. The summed E-state index contributed by atoms with van der Waals surface area (Å²) in [4.78, 5) is 12.9. The zero-order valence-corrected chi connectivity index (χ0v) is 24.3. The third kappa shape index (κ3) is 8.08. The lowest BCUT2D eigenvalue weighted by Crippen LogP contribution is -2.13. The van der Waals surface area contributed by atoms with Crippen molar-refractivity contribution in [2.45, 2.75) is 13.2 Å². The quantitative estimate of drug-likeness (QED) is 0.147. The summed E-state index contributed by atoms with van der Waals surface area (Å²) >= 11 is 30.4. The van der Waals surface area contributed by atoms with E-state index in [0.717, 1.165) is 11.1 Å². The second-order valence-electron chi connectivity index (χ2n) is 8.39. The number of ether oxygens (including phenoxy) is 2. The first kappa shape index (κ1) is 29.6. The zero-order valence-electron chi connectivity index (χ0n) is 20.6. The first-order chi connectivity index (χ1) is 19.2. The van der Waals surface area contributed by atoms with Crippen molar-refractivity contribution in [3.63, 3.8) is 0 Å². The second-order valence-corrected chi connectivity index (χ2v) is 10.5. The molecule has 202 valence electrons. The van der Waals surface area contributed by atoms with Crippen LogP contribution in [0.15, 0.2) is 84.4 Å². The lowest BCUT2D eigenvalue weighted by molar-refractivity contribution is -0.112. The molecule has 0 aliphatic heterocycles. The van der Waals surface area contributed by atoms with Gasteiger partial charge in [0.1, 0.15) is 36.4 Å². The van der Waals surface area contributed by atoms with E-state index in [1.165, 1.54) is 6.08 Å². The van der Waals surface area contributed by atoms with Crippen LogP contribution >= 0.6 is 58.0 Å². The number of benzene rings is 4. The van der Waals surface area contributed by atoms with Gasteiger partial charge in [0.25, 0.3) is 5.91 Å². The predicted molar refractivity (Wildman–Crippen MR) is 162 cm³/mol. The Morgan fingerprint density at radius 3 is 2.20 bits per heavy atom. The molecule has 0 atom stereocenters. The average molecular weight is 633 g/mol. The monoisotopic (exact) mass is 630 g/mol. The molecule has 10 heteroatoms. The van der Waals surface area contributed by atoms with Gasteiger partial charge in [-0.1, -0.05) is 70.1 Å². The summed E-state index contributed by atoms with van der Waals surface area (Å²) < 4.78 is 11.7. The Hall–Kier alpha value is -3.37. The van der Waals surface area contributed by atoms with Gasteiger partial charge in [0.2, 0.25) is 0 Å². The Balaban J connectivity index is 1.43. The molecule has 0 heterocycles. The minimum Gasteiger partial charge on any atom is -0.489 e. The second kappa shape index (κ2) is 13.8. The number of anilines is 1. The van der Waals surface area contributed by atoms with Gasteiger partial charge in [-0.3, -0.25) is 4.79 Å². The van der Waals surface area contributed by atoms with Crippen LogP contribution in [0.1, 0.15) is 16.7 Å². The molecular weight excluding hydrogens is 614 g/mol. The van der Waals surface area contributed by atoms with E-state index in [-0.39, 0.29) is 18.8 Å². The Bertz CT molecular complexity index is 1620. The van der Waals surface area contributed by atoms with E-state index in [9.17, 15) is 10.1 Å². The van der Waals surface area contributed by atoms with E-state index >= 15 is 0 Å². The maximum atomic E-state index is 12.9. The van der Waals surface area contributed by atoms with Crippen molar-refractivity contribution in [1.29, 1.82) is 5.26 Å². The van der Waals surface area contributed by atoms with Gasteiger partial charge in [0.15, 0.2) is 0 Å². The highest BCUT2D eigenvalue weighted by molar-refractivity contribution is 6.42. The van der Waals surface area contributed by atoms with Crippen molar-refractivity contribution in [1.82, 2.24) is 0 Å². The molecule has 1 amide bonds. The van der Waals surface area contributed by atoms with E-state index < -0.39 is 5.91 Å². The summed E-state index contributed by atoms with van der Waals surface area (Å²) in [6.07, 6.45) is 1.42. The van der Waals surface area contributed by atoms with Crippen LogP contribution in [0.4, 0.5) is 5.69 Å². The van der Waals surface area contributed by atoms with Crippen LogP contribution in [-0.2, 0) is 18.0 Å². The molecule has 0 fully saturated rings. The van der Waals surface area contributed by atoms with Crippen LogP contribution in [0.5, 0.6) is 11.5 Å². The van der Waals surface area contributed by atoms with E-state index in [1.54, 1.807) is 78.9 Å². The van der Waals surface area contributed by atoms with Crippen molar-refractivity contribution >= 4 is 75.7 Å². The zero-order chi connectivity index (χ0) is 28.6. The molecule has 0 saturated carbocycles. The summed E-state index contributed by atoms with van der Waals surface area (Å²) in [5.74, 6) is 0.403. The van der Waals surface area contributed by atoms with E-state index in [4.69, 9.17) is 67.5 Å². The lowest BCUT2D eigenvalue weighted by atomic mass is 10.1. The molecule has 0 aliphatic carbocycles. The number of hydrogen-bond acceptors (Lipinski definition) is 4. The first-order valence-electron chi connectivity index (χ1n) is 11.7. The van der Waals surface area contributed by atoms with Crippen LogP contribution in [0, 0.1) is 11.3 Å². The van der Waals surface area contributed by atoms with Crippen LogP contribution in [-0.4, -0.2) is 5.91 Å². The molecule has 0 aliphatic rings. The number of halogens is 5. The molecule has 5 nitrogen and oxygen atoms in total. The Morgan fingerprint density at radius 2 is 1.50 bits per heavy atom. The van der Waals surface area contributed by atoms with Gasteiger partial charge in [-0.25, -0.2) is 0 Å². The van der Waals surface area contributed by atoms with Crippen molar-refractivity contribution in [3.8, 4) is 17.6 Å². The highest BCUT2D eigenvalue weighted by Crippen LogP contribution is 2.28. The number of nitrogens with zero attached hydrogens (tertiary/aromatic N) is 1. The number of hydrogen-bond donors (Lipinski definition) is 1. The predicted octanol–water partition coefficient (Wildman–Crippen LogP) is 9.66. The van der Waals surface area contributed by atoms with Gasteiger partial charge in [0.05, 0.1) is 10.0 Å². The molecule has 0 radical (unpaired) electrons. The minimum atomic E-state index is -0.598. The number of amides is 1. The molecule has 0 unspecified atom stereocenters. The van der Waals surface area contributed by atoms with Gasteiger partial charge in [-0.05, 0) is 78.4 Å². The number of nitriles is 1. The van der Waals surface area contributed by atoms with Crippen molar-refractivity contribution in [2.24, 2.45) is 0 Å². The fraction of sp³-hybridized carbons (Fsp3) is 0.0667. The standard InChI is InChI=1S/C30H19Cl5N2O3/c31-22-4-10-29(40-16-18-1-9-26(33)28(35)11-18)20(13-22)12-21(15-36)30(38)37-24-5-7-25(8-6-24)39-17-19-2-3-23(32)14-27(19)34/h1-14H,16-17H2,(H,37,38)/b21-12+. The van der Waals surface area contributed by atoms with Crippen LogP contribution in [0.25, 0.3) is 6.08 Å². The first-order valence-corrected chi connectivity index (χ1v) is 13.6. The molecular formula is C30H19Cl5N2O3. The molecule has 1 N–H and O–H groups in total. The third-order valence-electron chi connectivity index (χ3n) is 5.54. The fourth-order valence-corrected chi connectivity index (χ4v) is 4.46. The smallest absolute Gasteiger partial charge is 0.266 e. The largest absolute Gasteiger partial charge is 0.489 e. The van der Waals surface area contributed by atoms with Gasteiger partial charge >= 0.3 is 0 Å². The molecule has 0 saturated heterocycles. The molecule has 40 heavy (non-hydrogen) atoms. The third-order valence-corrected chi connectivity index (χ3v) is 7.10. The molecule has 4 aromatic rings. The summed E-state index contributed by atoms with van der Waals surface area (Å²) in [6, 6.07) is 23.9. The Labute approximate surface area is 256 Å². The van der Waals surface area contributed by atoms with Gasteiger partial charge in [-0.15, -0.1) is 0 Å². The average Bonchev–Trinajstić information content (AvgIpc) is 2.93. The summed E-state index contributed by atoms with van der Waals surface area (Å²) in [7, 11) is 0. The van der Waals surface area contributed by atoms with Gasteiger partial charge in [0, 0.05) is 31.9 Å². The van der Waals surface area contributed by atoms with Crippen molar-refractivity contribution in [3.05, 3.63) is 126 Å². The van der Waals surface area contributed by atoms with Crippen LogP contribution in [0.2, 0.25) is 25.1 Å². The van der Waals surface area contributed by atoms with Gasteiger partial charge in [-0.2, -0.15) is 5.26 Å². The highest BCUT2D eigenvalue weighted by Gasteiger charge is 2.13. The van der Waals surface area contributed by atoms with Crippen molar-refractivity contribution in [2.75, 3.05) is 5.32 Å². The minimum absolute atomic E-state index is 0.139. The Morgan fingerprint density at radius 1 is 0.775 bits per heavy atom. The Kier molecular flexibility index (Phi) is 10.2. The molecule has 0 aromatic heterocycles. The molecule has 0 bridgehead atoms. The molecule has 0 spiro atoms.